The molecule has 1 amide bonds. The van der Waals surface area contributed by atoms with Crippen LogP contribution in [0.2, 0.25) is 0 Å². The SMILES string of the molecule is CCN(CC(=O)N(C)CCC#N)c1ccc(F)cc1. The van der Waals surface area contributed by atoms with E-state index in [0.717, 1.165) is 5.69 Å². The van der Waals surface area contributed by atoms with Crippen molar-refractivity contribution in [2.45, 2.75) is 13.3 Å². The van der Waals surface area contributed by atoms with Crippen LogP contribution in [0.25, 0.3) is 0 Å². The molecule has 1 rings (SSSR count). The molecule has 0 bridgehead atoms. The number of halogens is 1. The molecular formula is C14H18FN3O. The second-order valence-electron chi connectivity index (χ2n) is 4.21. The predicted molar refractivity (Wildman–Crippen MR) is 72.2 cm³/mol. The zero-order valence-electron chi connectivity index (χ0n) is 11.3. The van der Waals surface area contributed by atoms with Crippen LogP contribution in [0.3, 0.4) is 0 Å². The number of rotatable bonds is 6. The zero-order chi connectivity index (χ0) is 14.3. The lowest BCUT2D eigenvalue weighted by atomic mass is 10.2. The van der Waals surface area contributed by atoms with E-state index in [1.807, 2.05) is 17.9 Å². The molecule has 0 spiro atoms. The van der Waals surface area contributed by atoms with Gasteiger partial charge in [0.05, 0.1) is 19.0 Å². The Bertz CT molecular complexity index is 453. The monoisotopic (exact) mass is 263 g/mol. The zero-order valence-corrected chi connectivity index (χ0v) is 11.3. The Labute approximate surface area is 113 Å². The van der Waals surface area contributed by atoms with Crippen molar-refractivity contribution in [1.29, 1.82) is 5.26 Å². The number of hydrogen-bond acceptors (Lipinski definition) is 3. The summed E-state index contributed by atoms with van der Waals surface area (Å²) < 4.78 is 12.9. The van der Waals surface area contributed by atoms with Crippen LogP contribution in [-0.4, -0.2) is 37.5 Å². The van der Waals surface area contributed by atoms with Crippen LogP contribution in [0, 0.1) is 17.1 Å². The maximum atomic E-state index is 12.9. The van der Waals surface area contributed by atoms with Crippen molar-refractivity contribution in [1.82, 2.24) is 4.90 Å². The largest absolute Gasteiger partial charge is 0.362 e. The highest BCUT2D eigenvalue weighted by Gasteiger charge is 2.13. The fourth-order valence-corrected chi connectivity index (χ4v) is 1.66. The second kappa shape index (κ2) is 7.37. The summed E-state index contributed by atoms with van der Waals surface area (Å²) in [4.78, 5) is 15.4. The van der Waals surface area contributed by atoms with Crippen molar-refractivity contribution in [2.24, 2.45) is 0 Å². The van der Waals surface area contributed by atoms with Crippen molar-refractivity contribution in [3.8, 4) is 6.07 Å². The first-order chi connectivity index (χ1) is 9.08. The lowest BCUT2D eigenvalue weighted by Gasteiger charge is -2.25. The highest BCUT2D eigenvalue weighted by molar-refractivity contribution is 5.81. The van der Waals surface area contributed by atoms with Crippen LogP contribution < -0.4 is 4.90 Å². The van der Waals surface area contributed by atoms with Gasteiger partial charge in [0, 0.05) is 25.8 Å². The number of likely N-dealkylation sites (N-methyl/N-ethyl adjacent to an activating group) is 2. The van der Waals surface area contributed by atoms with Crippen molar-refractivity contribution in [3.05, 3.63) is 30.1 Å². The molecule has 102 valence electrons. The maximum Gasteiger partial charge on any atom is 0.241 e. The Morgan fingerprint density at radius 2 is 2.00 bits per heavy atom. The van der Waals surface area contributed by atoms with Gasteiger partial charge in [-0.1, -0.05) is 0 Å². The molecule has 4 nitrogen and oxygen atoms in total. The lowest BCUT2D eigenvalue weighted by molar-refractivity contribution is -0.128. The van der Waals surface area contributed by atoms with Gasteiger partial charge >= 0.3 is 0 Å². The van der Waals surface area contributed by atoms with E-state index in [2.05, 4.69) is 0 Å². The summed E-state index contributed by atoms with van der Waals surface area (Å²) in [6, 6.07) is 8.07. The van der Waals surface area contributed by atoms with E-state index in [9.17, 15) is 9.18 Å². The van der Waals surface area contributed by atoms with Gasteiger partial charge < -0.3 is 9.80 Å². The molecule has 0 N–H and O–H groups in total. The number of nitriles is 1. The minimum Gasteiger partial charge on any atom is -0.362 e. The molecule has 0 radical (unpaired) electrons. The number of amides is 1. The first-order valence-electron chi connectivity index (χ1n) is 6.20. The van der Waals surface area contributed by atoms with Crippen LogP contribution in [0.15, 0.2) is 24.3 Å². The molecule has 19 heavy (non-hydrogen) atoms. The topological polar surface area (TPSA) is 47.3 Å². The molecule has 0 heterocycles. The Kier molecular flexibility index (Phi) is 5.80. The Morgan fingerprint density at radius 3 is 2.53 bits per heavy atom. The predicted octanol–water partition coefficient (Wildman–Crippen LogP) is 2.02. The standard InChI is InChI=1S/C14H18FN3O/c1-3-18(13-7-5-12(15)6-8-13)11-14(19)17(2)10-4-9-16/h5-8H,3-4,10-11H2,1-2H3. The third kappa shape index (κ3) is 4.59. The summed E-state index contributed by atoms with van der Waals surface area (Å²) in [6.07, 6.45) is 0.324. The van der Waals surface area contributed by atoms with Crippen LogP contribution in [0.5, 0.6) is 0 Å². The summed E-state index contributed by atoms with van der Waals surface area (Å²) in [7, 11) is 1.68. The summed E-state index contributed by atoms with van der Waals surface area (Å²) in [5.74, 6) is -0.348. The summed E-state index contributed by atoms with van der Waals surface area (Å²) in [5, 5.41) is 8.50. The number of carbonyl (C=O) groups excluding carboxylic acids is 1. The molecule has 0 atom stereocenters. The lowest BCUT2D eigenvalue weighted by Crippen LogP contribution is -2.38. The number of anilines is 1. The minimum atomic E-state index is -0.294. The number of carbonyl (C=O) groups is 1. The minimum absolute atomic E-state index is 0.0542. The van der Waals surface area contributed by atoms with Crippen molar-refractivity contribution in [3.63, 3.8) is 0 Å². The molecule has 1 aromatic carbocycles. The van der Waals surface area contributed by atoms with Crippen molar-refractivity contribution >= 4 is 11.6 Å². The smallest absolute Gasteiger partial charge is 0.241 e. The number of nitrogens with zero attached hydrogens (tertiary/aromatic N) is 3. The van der Waals surface area contributed by atoms with E-state index < -0.39 is 0 Å². The fraction of sp³-hybridized carbons (Fsp3) is 0.429. The molecule has 0 aromatic heterocycles. The molecule has 0 saturated carbocycles. The van der Waals surface area contributed by atoms with Gasteiger partial charge in [-0.2, -0.15) is 5.26 Å². The van der Waals surface area contributed by atoms with Gasteiger partial charge in [0.2, 0.25) is 5.91 Å². The van der Waals surface area contributed by atoms with E-state index >= 15 is 0 Å². The summed E-state index contributed by atoms with van der Waals surface area (Å²) in [6.45, 7) is 3.25. The van der Waals surface area contributed by atoms with Gasteiger partial charge in [0.15, 0.2) is 0 Å². The first-order valence-corrected chi connectivity index (χ1v) is 6.20. The molecular weight excluding hydrogens is 245 g/mol. The molecule has 1 aromatic rings. The Hall–Kier alpha value is -2.09. The number of benzene rings is 1. The van der Waals surface area contributed by atoms with Gasteiger partial charge in [-0.3, -0.25) is 4.79 Å². The quantitative estimate of drug-likeness (QED) is 0.789. The molecule has 5 heteroatoms. The molecule has 0 fully saturated rings. The van der Waals surface area contributed by atoms with Crippen molar-refractivity contribution in [2.75, 3.05) is 31.6 Å². The average molecular weight is 263 g/mol. The van der Waals surface area contributed by atoms with Gasteiger partial charge in [0.25, 0.3) is 0 Å². The van der Waals surface area contributed by atoms with Crippen LogP contribution >= 0.6 is 0 Å². The molecule has 0 aliphatic rings. The molecule has 0 aliphatic heterocycles. The van der Waals surface area contributed by atoms with Gasteiger partial charge in [-0.15, -0.1) is 0 Å². The average Bonchev–Trinajstić information content (AvgIpc) is 2.42. The maximum absolute atomic E-state index is 12.9. The van der Waals surface area contributed by atoms with Crippen LogP contribution in [0.4, 0.5) is 10.1 Å². The number of hydrogen-bond donors (Lipinski definition) is 0. The highest BCUT2D eigenvalue weighted by Crippen LogP contribution is 2.14. The highest BCUT2D eigenvalue weighted by atomic mass is 19.1. The Balaban J connectivity index is 2.64. The molecule has 0 saturated heterocycles. The van der Waals surface area contributed by atoms with E-state index in [0.29, 0.717) is 19.5 Å². The first kappa shape index (κ1) is 15.0. The van der Waals surface area contributed by atoms with E-state index in [1.54, 1.807) is 19.2 Å². The Morgan fingerprint density at radius 1 is 1.37 bits per heavy atom. The van der Waals surface area contributed by atoms with E-state index in [1.165, 1.54) is 17.0 Å². The van der Waals surface area contributed by atoms with E-state index in [4.69, 9.17) is 5.26 Å². The van der Waals surface area contributed by atoms with Gasteiger partial charge in [-0.05, 0) is 31.2 Å². The van der Waals surface area contributed by atoms with Crippen molar-refractivity contribution < 1.29 is 9.18 Å². The van der Waals surface area contributed by atoms with E-state index in [-0.39, 0.29) is 18.3 Å². The van der Waals surface area contributed by atoms with Crippen LogP contribution in [-0.2, 0) is 4.79 Å². The van der Waals surface area contributed by atoms with Gasteiger partial charge in [-0.25, -0.2) is 4.39 Å². The second-order valence-corrected chi connectivity index (χ2v) is 4.21. The summed E-state index contributed by atoms with van der Waals surface area (Å²) >= 11 is 0. The summed E-state index contributed by atoms with van der Waals surface area (Å²) in [5.41, 5.74) is 0.811. The fourth-order valence-electron chi connectivity index (χ4n) is 1.66. The normalized spacial score (nSPS) is 9.79. The molecule has 0 unspecified atom stereocenters. The van der Waals surface area contributed by atoms with Crippen LogP contribution in [0.1, 0.15) is 13.3 Å². The third-order valence-electron chi connectivity index (χ3n) is 2.88. The van der Waals surface area contributed by atoms with Gasteiger partial charge in [0.1, 0.15) is 5.82 Å². The molecule has 0 aliphatic carbocycles. The third-order valence-corrected chi connectivity index (χ3v) is 2.88.